The lowest BCUT2D eigenvalue weighted by atomic mass is 10.0. The Balaban J connectivity index is 1.50. The number of nitrogen functional groups attached to an aromatic ring is 1. The summed E-state index contributed by atoms with van der Waals surface area (Å²) in [7, 11) is 0. The summed E-state index contributed by atoms with van der Waals surface area (Å²) < 4.78 is 14.9. The molecule has 0 radical (unpaired) electrons. The van der Waals surface area contributed by atoms with Crippen LogP contribution in [0.2, 0.25) is 0 Å². The van der Waals surface area contributed by atoms with Gasteiger partial charge in [-0.05, 0) is 41.8 Å². The minimum atomic E-state index is -0.823. The first-order chi connectivity index (χ1) is 15.8. The SMILES string of the molecule is CC(NC(=O)c1[nH]c(=O)[nH]c(=O)c1N)c1cccc(-c2cnn(Cc3ccc(F)cc3)c2)c1. The third kappa shape index (κ3) is 4.90. The molecular formula is C23H21FN6O3. The molecule has 2 heterocycles. The Hall–Kier alpha value is -4.47. The third-order valence-electron chi connectivity index (χ3n) is 5.17. The standard InChI is InChI=1S/C23H21FN6O3/c1-13(27-22(32)20-19(25)21(31)29-23(33)28-20)15-3-2-4-16(9-15)17-10-26-30(12-17)11-14-5-7-18(24)8-6-14/h2-10,12-13H,11,25H2,1H3,(H,27,32)(H2,28,29,31,33). The molecule has 0 aliphatic carbocycles. The van der Waals surface area contributed by atoms with Crippen molar-refractivity contribution in [2.24, 2.45) is 0 Å². The lowest BCUT2D eigenvalue weighted by molar-refractivity contribution is 0.0935. The van der Waals surface area contributed by atoms with E-state index in [0.717, 1.165) is 22.3 Å². The maximum Gasteiger partial charge on any atom is 0.326 e. The molecule has 168 valence electrons. The fourth-order valence-electron chi connectivity index (χ4n) is 3.39. The molecule has 5 N–H and O–H groups in total. The lowest BCUT2D eigenvalue weighted by Gasteiger charge is -2.15. The summed E-state index contributed by atoms with van der Waals surface area (Å²) in [6, 6.07) is 13.3. The van der Waals surface area contributed by atoms with Gasteiger partial charge in [-0.1, -0.05) is 30.3 Å². The van der Waals surface area contributed by atoms with Gasteiger partial charge in [0.15, 0.2) is 0 Å². The minimum Gasteiger partial charge on any atom is -0.392 e. The number of halogens is 1. The van der Waals surface area contributed by atoms with E-state index >= 15 is 0 Å². The van der Waals surface area contributed by atoms with Crippen molar-refractivity contribution in [1.29, 1.82) is 0 Å². The Morgan fingerprint density at radius 3 is 2.67 bits per heavy atom. The molecule has 0 aliphatic heterocycles. The minimum absolute atomic E-state index is 0.283. The molecule has 10 heteroatoms. The van der Waals surface area contributed by atoms with E-state index in [1.54, 1.807) is 29.9 Å². The van der Waals surface area contributed by atoms with E-state index in [4.69, 9.17) is 5.73 Å². The van der Waals surface area contributed by atoms with Crippen LogP contribution in [0.1, 0.15) is 34.6 Å². The van der Waals surface area contributed by atoms with Gasteiger partial charge in [0.05, 0.1) is 18.8 Å². The Kier molecular flexibility index (Phi) is 5.90. The van der Waals surface area contributed by atoms with Crippen LogP contribution in [0.25, 0.3) is 11.1 Å². The van der Waals surface area contributed by atoms with Gasteiger partial charge >= 0.3 is 5.69 Å². The maximum atomic E-state index is 13.1. The number of amides is 1. The molecule has 1 atom stereocenters. The Bertz CT molecular complexity index is 1420. The number of nitrogens with two attached hydrogens (primary N) is 1. The number of rotatable bonds is 6. The second-order valence-corrected chi connectivity index (χ2v) is 7.57. The first-order valence-electron chi connectivity index (χ1n) is 10.1. The van der Waals surface area contributed by atoms with Gasteiger partial charge in [-0.3, -0.25) is 19.3 Å². The van der Waals surface area contributed by atoms with Crippen LogP contribution in [0.15, 0.2) is 70.5 Å². The van der Waals surface area contributed by atoms with Crippen LogP contribution in [0.5, 0.6) is 0 Å². The summed E-state index contributed by atoms with van der Waals surface area (Å²) in [6.07, 6.45) is 3.61. The molecule has 9 nitrogen and oxygen atoms in total. The van der Waals surface area contributed by atoms with E-state index in [9.17, 15) is 18.8 Å². The molecular weight excluding hydrogens is 427 g/mol. The van der Waals surface area contributed by atoms with Crippen molar-refractivity contribution in [3.63, 3.8) is 0 Å². The smallest absolute Gasteiger partial charge is 0.326 e. The van der Waals surface area contributed by atoms with Crippen LogP contribution in [0.4, 0.5) is 10.1 Å². The highest BCUT2D eigenvalue weighted by atomic mass is 19.1. The number of H-pyrrole nitrogens is 2. The molecule has 0 saturated heterocycles. The van der Waals surface area contributed by atoms with Gasteiger partial charge in [0.25, 0.3) is 11.5 Å². The van der Waals surface area contributed by atoms with E-state index in [1.807, 2.05) is 35.4 Å². The second kappa shape index (κ2) is 8.95. The largest absolute Gasteiger partial charge is 0.392 e. The fraction of sp³-hybridized carbons (Fsp3) is 0.130. The molecule has 1 amide bonds. The summed E-state index contributed by atoms with van der Waals surface area (Å²) >= 11 is 0. The lowest BCUT2D eigenvalue weighted by Crippen LogP contribution is -2.34. The molecule has 2 aromatic carbocycles. The average molecular weight is 448 g/mol. The number of carbonyl (C=O) groups is 1. The van der Waals surface area contributed by atoms with Crippen molar-refractivity contribution in [3.05, 3.63) is 104 Å². The summed E-state index contributed by atoms with van der Waals surface area (Å²) in [4.78, 5) is 39.9. The van der Waals surface area contributed by atoms with Crippen molar-refractivity contribution < 1.29 is 9.18 Å². The van der Waals surface area contributed by atoms with Gasteiger partial charge in [-0.2, -0.15) is 5.10 Å². The zero-order valence-electron chi connectivity index (χ0n) is 17.6. The maximum absolute atomic E-state index is 13.1. The number of nitrogens with one attached hydrogen (secondary N) is 3. The zero-order chi connectivity index (χ0) is 23.5. The van der Waals surface area contributed by atoms with Crippen LogP contribution in [0.3, 0.4) is 0 Å². The predicted octanol–water partition coefficient (Wildman–Crippen LogP) is 2.19. The number of hydrogen-bond acceptors (Lipinski definition) is 5. The normalized spacial score (nSPS) is 11.8. The number of aromatic nitrogens is 4. The molecule has 2 aromatic heterocycles. The third-order valence-corrected chi connectivity index (χ3v) is 5.17. The number of aromatic amines is 2. The quantitative estimate of drug-likeness (QED) is 0.358. The Morgan fingerprint density at radius 1 is 1.15 bits per heavy atom. The van der Waals surface area contributed by atoms with Gasteiger partial charge in [-0.15, -0.1) is 0 Å². The topological polar surface area (TPSA) is 139 Å². The van der Waals surface area contributed by atoms with Crippen molar-refractivity contribution in [2.45, 2.75) is 19.5 Å². The van der Waals surface area contributed by atoms with Crippen molar-refractivity contribution >= 4 is 11.6 Å². The van der Waals surface area contributed by atoms with Crippen LogP contribution in [-0.2, 0) is 6.54 Å². The summed E-state index contributed by atoms with van der Waals surface area (Å²) in [5, 5.41) is 7.11. The van der Waals surface area contributed by atoms with Gasteiger partial charge < -0.3 is 16.0 Å². The van der Waals surface area contributed by atoms with E-state index in [2.05, 4.69) is 15.4 Å². The molecule has 0 fully saturated rings. The highest BCUT2D eigenvalue weighted by molar-refractivity contribution is 5.97. The number of nitrogens with zero attached hydrogens (tertiary/aromatic N) is 2. The van der Waals surface area contributed by atoms with Crippen molar-refractivity contribution in [2.75, 3.05) is 5.73 Å². The first-order valence-corrected chi connectivity index (χ1v) is 10.1. The summed E-state index contributed by atoms with van der Waals surface area (Å²) in [5.41, 5.74) is 6.85. The van der Waals surface area contributed by atoms with Crippen LogP contribution in [-0.4, -0.2) is 25.7 Å². The molecule has 0 saturated carbocycles. The molecule has 0 bridgehead atoms. The highest BCUT2D eigenvalue weighted by Gasteiger charge is 2.17. The molecule has 0 aliphatic rings. The highest BCUT2D eigenvalue weighted by Crippen LogP contribution is 2.23. The van der Waals surface area contributed by atoms with Crippen molar-refractivity contribution in [1.82, 2.24) is 25.1 Å². The molecule has 4 aromatic rings. The van der Waals surface area contributed by atoms with Crippen LogP contribution in [0, 0.1) is 5.82 Å². The van der Waals surface area contributed by atoms with E-state index < -0.39 is 23.2 Å². The summed E-state index contributed by atoms with van der Waals surface area (Å²) in [6.45, 7) is 2.28. The summed E-state index contributed by atoms with van der Waals surface area (Å²) in [5.74, 6) is -0.952. The number of benzene rings is 2. The monoisotopic (exact) mass is 448 g/mol. The predicted molar refractivity (Wildman–Crippen MR) is 121 cm³/mol. The number of hydrogen-bond donors (Lipinski definition) is 4. The van der Waals surface area contributed by atoms with Gasteiger partial charge in [0, 0.05) is 11.8 Å². The molecule has 0 spiro atoms. The second-order valence-electron chi connectivity index (χ2n) is 7.57. The van der Waals surface area contributed by atoms with Crippen LogP contribution < -0.4 is 22.3 Å². The number of anilines is 1. The first kappa shape index (κ1) is 21.8. The van der Waals surface area contributed by atoms with E-state index in [-0.39, 0.29) is 17.2 Å². The van der Waals surface area contributed by atoms with Gasteiger partial charge in [0.1, 0.15) is 17.2 Å². The van der Waals surface area contributed by atoms with Crippen molar-refractivity contribution in [3.8, 4) is 11.1 Å². The van der Waals surface area contributed by atoms with Gasteiger partial charge in [0.2, 0.25) is 0 Å². The van der Waals surface area contributed by atoms with Crippen LogP contribution >= 0.6 is 0 Å². The zero-order valence-corrected chi connectivity index (χ0v) is 17.6. The molecule has 1 unspecified atom stereocenters. The molecule has 33 heavy (non-hydrogen) atoms. The average Bonchev–Trinajstić information content (AvgIpc) is 3.26. The number of carbonyl (C=O) groups excluding carboxylic acids is 1. The Morgan fingerprint density at radius 2 is 1.91 bits per heavy atom. The van der Waals surface area contributed by atoms with Gasteiger partial charge in [-0.25, -0.2) is 9.18 Å². The molecule has 4 rings (SSSR count). The van der Waals surface area contributed by atoms with E-state index in [0.29, 0.717) is 6.54 Å². The van der Waals surface area contributed by atoms with E-state index in [1.165, 1.54) is 12.1 Å². The Labute approximate surface area is 187 Å². The fourth-order valence-corrected chi connectivity index (χ4v) is 3.39.